The van der Waals surface area contributed by atoms with Crippen LogP contribution in [0, 0.1) is 13.8 Å². The maximum Gasteiger partial charge on any atom is 0.177 e. The quantitative estimate of drug-likeness (QED) is 0.480. The third kappa shape index (κ3) is 2.58. The Kier molecular flexibility index (Phi) is 3.51. The monoisotopic (exact) mass is 342 g/mol. The summed E-state index contributed by atoms with van der Waals surface area (Å²) in [5.41, 5.74) is 4.72. The average Bonchev–Trinajstić information content (AvgIpc) is 3.23. The van der Waals surface area contributed by atoms with Gasteiger partial charge < -0.3 is 9.09 Å². The maximum atomic E-state index is 5.98. The molecule has 23 heavy (non-hydrogen) atoms. The molecule has 0 N–H and O–H groups in total. The van der Waals surface area contributed by atoms with Crippen LogP contribution in [0.5, 0.6) is 0 Å². The van der Waals surface area contributed by atoms with Gasteiger partial charge in [0, 0.05) is 17.6 Å². The first-order chi connectivity index (χ1) is 11.1. The third-order valence-corrected chi connectivity index (χ3v) is 5.30. The van der Waals surface area contributed by atoms with E-state index in [4.69, 9.17) is 16.1 Å². The van der Waals surface area contributed by atoms with Gasteiger partial charge in [-0.2, -0.15) is 0 Å². The van der Waals surface area contributed by atoms with Gasteiger partial charge in [-0.25, -0.2) is 0 Å². The van der Waals surface area contributed by atoms with Crippen LogP contribution in [-0.4, -0.2) is 9.72 Å². The van der Waals surface area contributed by atoms with E-state index in [-0.39, 0.29) is 0 Å². The van der Waals surface area contributed by atoms with Crippen molar-refractivity contribution in [1.29, 1.82) is 0 Å². The highest BCUT2D eigenvalue weighted by molar-refractivity contribution is 7.19. The number of aryl methyl sites for hydroxylation is 2. The van der Waals surface area contributed by atoms with Crippen molar-refractivity contribution in [2.24, 2.45) is 0 Å². The second-order valence-electron chi connectivity index (χ2n) is 5.69. The highest BCUT2D eigenvalue weighted by Crippen LogP contribution is 2.31. The van der Waals surface area contributed by atoms with Crippen molar-refractivity contribution in [3.63, 3.8) is 0 Å². The molecule has 3 heterocycles. The molecule has 0 aliphatic rings. The van der Waals surface area contributed by atoms with Gasteiger partial charge >= 0.3 is 0 Å². The van der Waals surface area contributed by atoms with Crippen LogP contribution in [0.25, 0.3) is 21.5 Å². The molecule has 3 aromatic heterocycles. The zero-order chi connectivity index (χ0) is 16.0. The first-order valence-corrected chi connectivity index (χ1v) is 8.57. The molecule has 4 aromatic rings. The minimum atomic E-state index is 0.691. The summed E-state index contributed by atoms with van der Waals surface area (Å²) in [6.45, 7) is 4.97. The van der Waals surface area contributed by atoms with Crippen LogP contribution in [0.4, 0.5) is 0 Å². The molecule has 0 fully saturated rings. The molecular weight excluding hydrogens is 328 g/mol. The van der Waals surface area contributed by atoms with Gasteiger partial charge in [0.2, 0.25) is 0 Å². The van der Waals surface area contributed by atoms with Crippen LogP contribution >= 0.6 is 22.9 Å². The molecule has 0 aliphatic heterocycles. The number of hydrogen-bond acceptors (Lipinski definition) is 3. The summed E-state index contributed by atoms with van der Waals surface area (Å²) in [4.78, 5) is 0.998. The van der Waals surface area contributed by atoms with E-state index in [0.717, 1.165) is 20.7 Å². The Balaban J connectivity index is 1.69. The number of benzene rings is 1. The molecule has 0 unspecified atom stereocenters. The summed E-state index contributed by atoms with van der Waals surface area (Å²) < 4.78 is 8.44. The van der Waals surface area contributed by atoms with Crippen molar-refractivity contribution in [3.05, 3.63) is 63.8 Å². The fourth-order valence-electron chi connectivity index (χ4n) is 2.90. The minimum absolute atomic E-state index is 0.691. The Bertz CT molecular complexity index is 996. The smallest absolute Gasteiger partial charge is 0.177 e. The number of nitrogens with zero attached hydrogens (tertiary/aromatic N) is 2. The highest BCUT2D eigenvalue weighted by atomic mass is 35.5. The van der Waals surface area contributed by atoms with Gasteiger partial charge in [0.1, 0.15) is 5.69 Å². The van der Waals surface area contributed by atoms with Crippen molar-refractivity contribution in [3.8, 4) is 10.6 Å². The van der Waals surface area contributed by atoms with Crippen molar-refractivity contribution < 1.29 is 4.52 Å². The van der Waals surface area contributed by atoms with Gasteiger partial charge in [-0.3, -0.25) is 0 Å². The standard InChI is InChI=1S/C18H15ClN2OS/c1-11-3-4-12(2)18-14(11)7-8-21(18)10-13-9-15(22-20-13)16-5-6-17(19)23-16/h3-9H,10H2,1-2H3. The number of halogens is 1. The topological polar surface area (TPSA) is 31.0 Å². The Labute approximate surface area is 143 Å². The summed E-state index contributed by atoms with van der Waals surface area (Å²) in [5.74, 6) is 0.765. The second kappa shape index (κ2) is 5.55. The van der Waals surface area contributed by atoms with E-state index in [1.54, 1.807) is 0 Å². The average molecular weight is 343 g/mol. The number of hydrogen-bond donors (Lipinski definition) is 0. The molecule has 0 atom stereocenters. The molecule has 4 rings (SSSR count). The predicted octanol–water partition coefficient (Wildman–Crippen LogP) is 5.68. The summed E-state index contributed by atoms with van der Waals surface area (Å²) in [6, 6.07) is 12.3. The van der Waals surface area contributed by atoms with Crippen LogP contribution < -0.4 is 0 Å². The molecule has 116 valence electrons. The number of thiophene rings is 1. The Morgan fingerprint density at radius 2 is 1.96 bits per heavy atom. The molecular formula is C18H15ClN2OS. The van der Waals surface area contributed by atoms with E-state index in [1.807, 2.05) is 18.2 Å². The summed E-state index contributed by atoms with van der Waals surface area (Å²) in [6.07, 6.45) is 2.11. The minimum Gasteiger partial charge on any atom is -0.355 e. The molecule has 0 spiro atoms. The molecule has 1 aromatic carbocycles. The van der Waals surface area contributed by atoms with Gasteiger partial charge in [0.05, 0.1) is 21.3 Å². The van der Waals surface area contributed by atoms with Crippen molar-refractivity contribution >= 4 is 33.8 Å². The van der Waals surface area contributed by atoms with Crippen molar-refractivity contribution in [2.45, 2.75) is 20.4 Å². The lowest BCUT2D eigenvalue weighted by Gasteiger charge is -2.06. The largest absolute Gasteiger partial charge is 0.355 e. The van der Waals surface area contributed by atoms with Crippen LogP contribution in [-0.2, 0) is 6.54 Å². The highest BCUT2D eigenvalue weighted by Gasteiger charge is 2.12. The first kappa shape index (κ1) is 14.5. The molecule has 5 heteroatoms. The Morgan fingerprint density at radius 1 is 1.13 bits per heavy atom. The van der Waals surface area contributed by atoms with E-state index >= 15 is 0 Å². The molecule has 3 nitrogen and oxygen atoms in total. The van der Waals surface area contributed by atoms with Crippen molar-refractivity contribution in [1.82, 2.24) is 9.72 Å². The van der Waals surface area contributed by atoms with Crippen LogP contribution in [0.3, 0.4) is 0 Å². The number of aromatic nitrogens is 2. The third-order valence-electron chi connectivity index (χ3n) is 4.05. The molecule has 0 amide bonds. The Hall–Kier alpha value is -2.04. The molecule has 0 saturated carbocycles. The van der Waals surface area contributed by atoms with E-state index < -0.39 is 0 Å². The van der Waals surface area contributed by atoms with Gasteiger partial charge in [-0.1, -0.05) is 28.9 Å². The molecule has 0 saturated heterocycles. The molecule has 0 bridgehead atoms. The fraction of sp³-hybridized carbons (Fsp3) is 0.167. The first-order valence-electron chi connectivity index (χ1n) is 7.38. The zero-order valence-corrected chi connectivity index (χ0v) is 14.4. The second-order valence-corrected chi connectivity index (χ2v) is 7.41. The van der Waals surface area contributed by atoms with Gasteiger partial charge in [0.15, 0.2) is 5.76 Å². The van der Waals surface area contributed by atoms with E-state index in [0.29, 0.717) is 6.54 Å². The zero-order valence-electron chi connectivity index (χ0n) is 12.8. The lowest BCUT2D eigenvalue weighted by molar-refractivity contribution is 0.422. The lowest BCUT2D eigenvalue weighted by atomic mass is 10.1. The number of fused-ring (bicyclic) bond motifs is 1. The van der Waals surface area contributed by atoms with Crippen LogP contribution in [0.2, 0.25) is 4.34 Å². The van der Waals surface area contributed by atoms with E-state index in [1.165, 1.54) is 33.4 Å². The maximum absolute atomic E-state index is 5.98. The predicted molar refractivity (Wildman–Crippen MR) is 95.3 cm³/mol. The van der Waals surface area contributed by atoms with E-state index in [9.17, 15) is 0 Å². The van der Waals surface area contributed by atoms with Gasteiger partial charge in [-0.05, 0) is 43.2 Å². The molecule has 0 radical (unpaired) electrons. The lowest BCUT2D eigenvalue weighted by Crippen LogP contribution is -1.99. The normalized spacial score (nSPS) is 11.4. The Morgan fingerprint density at radius 3 is 2.74 bits per heavy atom. The van der Waals surface area contributed by atoms with Crippen LogP contribution in [0.15, 0.2) is 47.1 Å². The number of rotatable bonds is 3. The summed E-state index contributed by atoms with van der Waals surface area (Å²) >= 11 is 7.48. The van der Waals surface area contributed by atoms with Gasteiger partial charge in [-0.15, -0.1) is 11.3 Å². The fourth-order valence-corrected chi connectivity index (χ4v) is 3.90. The van der Waals surface area contributed by atoms with Crippen molar-refractivity contribution in [2.75, 3.05) is 0 Å². The van der Waals surface area contributed by atoms with E-state index in [2.05, 4.69) is 48.0 Å². The summed E-state index contributed by atoms with van der Waals surface area (Å²) in [7, 11) is 0. The molecule has 0 aliphatic carbocycles. The SMILES string of the molecule is Cc1ccc(C)c2c1ccn2Cc1cc(-c2ccc(Cl)s2)on1. The summed E-state index contributed by atoms with van der Waals surface area (Å²) in [5, 5.41) is 5.49. The van der Waals surface area contributed by atoms with Crippen LogP contribution in [0.1, 0.15) is 16.8 Å². The van der Waals surface area contributed by atoms with Gasteiger partial charge in [0.25, 0.3) is 0 Å².